The number of hydrogen-bond donors (Lipinski definition) is 2. The minimum atomic E-state index is -0.874. The first kappa shape index (κ1) is 7.35. The zero-order valence-electron chi connectivity index (χ0n) is 5.50. The molecule has 0 heterocycles. The highest BCUT2D eigenvalue weighted by Crippen LogP contribution is 2.24. The van der Waals surface area contributed by atoms with Gasteiger partial charge in [-0.05, 0) is 12.1 Å². The summed E-state index contributed by atoms with van der Waals surface area (Å²) in [6.07, 6.45) is 0. The number of benzene rings is 1. The van der Waals surface area contributed by atoms with Crippen LogP contribution < -0.4 is 5.73 Å². The third-order valence-corrected chi connectivity index (χ3v) is 1.22. The molecule has 0 fully saturated rings. The molecule has 0 aliphatic carbocycles. The summed E-state index contributed by atoms with van der Waals surface area (Å²) in [7, 11) is 0. The maximum absolute atomic E-state index is 12.5. The van der Waals surface area contributed by atoms with Crippen molar-refractivity contribution in [2.75, 3.05) is 5.73 Å². The normalized spacial score (nSPS) is 9.09. The van der Waals surface area contributed by atoms with Crippen molar-refractivity contribution in [3.63, 3.8) is 0 Å². The molecule has 56 valence electrons. The molecule has 4 heteroatoms. The fraction of sp³-hybridized carbons (Fsp3) is 0. The van der Waals surface area contributed by atoms with Crippen LogP contribution in [-0.4, -0.2) is 5.11 Å². The van der Waals surface area contributed by atoms with Crippen LogP contribution in [0.4, 0.5) is 10.1 Å². The fourth-order valence-corrected chi connectivity index (χ4v) is 0.685. The smallest absolute Gasteiger partial charge is 0.174 e. The Hall–Kier alpha value is -1.76. The molecule has 0 aliphatic heterocycles. The highest BCUT2D eigenvalue weighted by atomic mass is 19.1. The van der Waals surface area contributed by atoms with Crippen LogP contribution in [0.1, 0.15) is 5.56 Å². The summed E-state index contributed by atoms with van der Waals surface area (Å²) in [4.78, 5) is 0. The summed E-state index contributed by atoms with van der Waals surface area (Å²) < 4.78 is 12.5. The molecule has 0 amide bonds. The van der Waals surface area contributed by atoms with Gasteiger partial charge in [-0.2, -0.15) is 5.26 Å². The van der Waals surface area contributed by atoms with E-state index in [2.05, 4.69) is 0 Å². The van der Waals surface area contributed by atoms with E-state index in [0.29, 0.717) is 0 Å². The van der Waals surface area contributed by atoms with Gasteiger partial charge in [0, 0.05) is 0 Å². The second kappa shape index (κ2) is 2.46. The van der Waals surface area contributed by atoms with Crippen molar-refractivity contribution < 1.29 is 9.50 Å². The minimum absolute atomic E-state index is 0.0952. The molecule has 0 aromatic heterocycles. The van der Waals surface area contributed by atoms with Gasteiger partial charge in [-0.15, -0.1) is 0 Å². The van der Waals surface area contributed by atoms with Crippen molar-refractivity contribution in [1.82, 2.24) is 0 Å². The number of hydrogen-bond acceptors (Lipinski definition) is 3. The molecule has 11 heavy (non-hydrogen) atoms. The first-order valence-electron chi connectivity index (χ1n) is 2.83. The van der Waals surface area contributed by atoms with E-state index in [0.717, 1.165) is 6.07 Å². The van der Waals surface area contributed by atoms with Crippen LogP contribution in [-0.2, 0) is 0 Å². The molecule has 0 spiro atoms. The van der Waals surface area contributed by atoms with Gasteiger partial charge in [-0.25, -0.2) is 4.39 Å². The largest absolute Gasteiger partial charge is 0.503 e. The van der Waals surface area contributed by atoms with Gasteiger partial charge in [-0.3, -0.25) is 0 Å². The summed E-state index contributed by atoms with van der Waals surface area (Å²) in [5.74, 6) is -1.48. The molecule has 0 saturated heterocycles. The third kappa shape index (κ3) is 1.22. The molecule has 3 nitrogen and oxygen atoms in total. The predicted octanol–water partition coefficient (Wildman–Crippen LogP) is 0.985. The lowest BCUT2D eigenvalue weighted by Gasteiger charge is -1.98. The molecule has 1 rings (SSSR count). The predicted molar refractivity (Wildman–Crippen MR) is 37.2 cm³/mol. The first-order chi connectivity index (χ1) is 5.15. The highest BCUT2D eigenvalue weighted by Gasteiger charge is 2.05. The van der Waals surface area contributed by atoms with Crippen molar-refractivity contribution in [3.05, 3.63) is 23.5 Å². The van der Waals surface area contributed by atoms with Gasteiger partial charge in [-0.1, -0.05) is 0 Å². The second-order valence-electron chi connectivity index (χ2n) is 2.01. The van der Waals surface area contributed by atoms with E-state index >= 15 is 0 Å². The lowest BCUT2D eigenvalue weighted by molar-refractivity contribution is 0.435. The number of aromatic hydroxyl groups is 1. The quantitative estimate of drug-likeness (QED) is 0.430. The monoisotopic (exact) mass is 152 g/mol. The fourth-order valence-electron chi connectivity index (χ4n) is 0.685. The maximum Gasteiger partial charge on any atom is 0.174 e. The molecule has 0 atom stereocenters. The number of phenols is 1. The van der Waals surface area contributed by atoms with Crippen LogP contribution in [0.3, 0.4) is 0 Å². The Morgan fingerprint density at radius 3 is 2.64 bits per heavy atom. The molecule has 0 saturated carbocycles. The summed E-state index contributed by atoms with van der Waals surface area (Å²) in [5, 5.41) is 17.1. The summed E-state index contributed by atoms with van der Waals surface area (Å²) in [6.45, 7) is 0. The average Bonchev–Trinajstić information content (AvgIpc) is 1.99. The van der Waals surface area contributed by atoms with Crippen LogP contribution in [0.15, 0.2) is 12.1 Å². The Bertz CT molecular complexity index is 307. The van der Waals surface area contributed by atoms with Gasteiger partial charge >= 0.3 is 0 Å². The van der Waals surface area contributed by atoms with Crippen LogP contribution in [0.25, 0.3) is 0 Å². The Morgan fingerprint density at radius 2 is 2.18 bits per heavy atom. The third-order valence-electron chi connectivity index (χ3n) is 1.22. The SMILES string of the molecule is N#Cc1cc(N)c(O)c(F)c1. The van der Waals surface area contributed by atoms with Crippen molar-refractivity contribution in [1.29, 1.82) is 5.26 Å². The summed E-state index contributed by atoms with van der Waals surface area (Å²) in [6, 6.07) is 3.83. The van der Waals surface area contributed by atoms with E-state index in [1.807, 2.05) is 0 Å². The number of phenolic OH excluding ortho intramolecular Hbond substituents is 1. The number of anilines is 1. The number of nitrogens with two attached hydrogens (primary N) is 1. The Morgan fingerprint density at radius 1 is 1.55 bits per heavy atom. The lowest BCUT2D eigenvalue weighted by Crippen LogP contribution is -1.90. The van der Waals surface area contributed by atoms with Gasteiger partial charge in [0.2, 0.25) is 0 Å². The molecule has 0 aliphatic rings. The number of nitrogens with zero attached hydrogens (tertiary/aromatic N) is 1. The summed E-state index contributed by atoms with van der Waals surface area (Å²) in [5.41, 5.74) is 5.13. The van der Waals surface area contributed by atoms with Crippen molar-refractivity contribution in [3.8, 4) is 11.8 Å². The number of nitriles is 1. The Labute approximate surface area is 62.5 Å². The van der Waals surface area contributed by atoms with Crippen molar-refractivity contribution in [2.45, 2.75) is 0 Å². The second-order valence-corrected chi connectivity index (χ2v) is 2.01. The Balaban J connectivity index is 3.35. The zero-order valence-corrected chi connectivity index (χ0v) is 5.50. The maximum atomic E-state index is 12.5. The standard InChI is InChI=1S/C7H5FN2O/c8-5-1-4(3-9)2-6(10)7(5)11/h1-2,11H,10H2. The number of nitrogen functional groups attached to an aromatic ring is 1. The molecule has 3 N–H and O–H groups in total. The van der Waals surface area contributed by atoms with E-state index in [4.69, 9.17) is 16.1 Å². The van der Waals surface area contributed by atoms with Crippen LogP contribution in [0, 0.1) is 17.1 Å². The number of halogens is 1. The molecule has 0 bridgehead atoms. The highest BCUT2D eigenvalue weighted by molar-refractivity contribution is 5.56. The molecule has 1 aromatic rings. The average molecular weight is 152 g/mol. The molecule has 0 unspecified atom stereocenters. The van der Waals surface area contributed by atoms with Crippen molar-refractivity contribution in [2.24, 2.45) is 0 Å². The number of rotatable bonds is 0. The Kier molecular flexibility index (Phi) is 1.65. The summed E-state index contributed by atoms with van der Waals surface area (Å²) >= 11 is 0. The van der Waals surface area contributed by atoms with Crippen LogP contribution in [0.2, 0.25) is 0 Å². The lowest BCUT2D eigenvalue weighted by atomic mass is 10.2. The van der Waals surface area contributed by atoms with Gasteiger partial charge in [0.1, 0.15) is 0 Å². The van der Waals surface area contributed by atoms with E-state index in [1.54, 1.807) is 6.07 Å². The van der Waals surface area contributed by atoms with Crippen LogP contribution >= 0.6 is 0 Å². The minimum Gasteiger partial charge on any atom is -0.503 e. The van der Waals surface area contributed by atoms with Gasteiger partial charge in [0.25, 0.3) is 0 Å². The van der Waals surface area contributed by atoms with Crippen LogP contribution in [0.5, 0.6) is 5.75 Å². The van der Waals surface area contributed by atoms with Gasteiger partial charge in [0.15, 0.2) is 11.6 Å². The molecule has 1 aromatic carbocycles. The zero-order chi connectivity index (χ0) is 8.43. The van der Waals surface area contributed by atoms with E-state index in [9.17, 15) is 4.39 Å². The van der Waals surface area contributed by atoms with E-state index in [-0.39, 0.29) is 11.3 Å². The van der Waals surface area contributed by atoms with Gasteiger partial charge < -0.3 is 10.8 Å². The van der Waals surface area contributed by atoms with Crippen molar-refractivity contribution >= 4 is 5.69 Å². The van der Waals surface area contributed by atoms with E-state index < -0.39 is 11.6 Å². The van der Waals surface area contributed by atoms with E-state index in [1.165, 1.54) is 6.07 Å². The first-order valence-corrected chi connectivity index (χ1v) is 2.83. The molecular weight excluding hydrogens is 147 g/mol. The topological polar surface area (TPSA) is 70.0 Å². The molecule has 0 radical (unpaired) electrons. The molecular formula is C7H5FN2O. The van der Waals surface area contributed by atoms with Gasteiger partial charge in [0.05, 0.1) is 17.3 Å².